The van der Waals surface area contributed by atoms with E-state index in [0.717, 1.165) is 29.5 Å². The molecule has 0 saturated carbocycles. The molecule has 0 radical (unpaired) electrons. The van der Waals surface area contributed by atoms with Crippen molar-refractivity contribution in [3.63, 3.8) is 0 Å². The van der Waals surface area contributed by atoms with E-state index >= 15 is 0 Å². The van der Waals surface area contributed by atoms with Crippen LogP contribution < -0.4 is 10.6 Å². The van der Waals surface area contributed by atoms with Gasteiger partial charge < -0.3 is 10.6 Å². The van der Waals surface area contributed by atoms with E-state index in [1.807, 2.05) is 0 Å². The largest absolute Gasteiger partial charge is 0.370 e. The van der Waals surface area contributed by atoms with E-state index in [-0.39, 0.29) is 17.9 Å². The van der Waals surface area contributed by atoms with Gasteiger partial charge in [0.1, 0.15) is 5.82 Å². The highest BCUT2D eigenvalue weighted by molar-refractivity contribution is 7.09. The first-order chi connectivity index (χ1) is 11.4. The Labute approximate surface area is 146 Å². The van der Waals surface area contributed by atoms with E-state index < -0.39 is 0 Å². The fourth-order valence-electron chi connectivity index (χ4n) is 1.95. The number of nitrogens with one attached hydrogen (secondary N) is 2. The third-order valence-corrected chi connectivity index (χ3v) is 4.57. The minimum atomic E-state index is -0.218. The van der Waals surface area contributed by atoms with Crippen molar-refractivity contribution in [1.82, 2.24) is 15.3 Å². The number of rotatable bonds is 6. The molecular formula is C18H22N4OS. The molecule has 2 aromatic rings. The molecule has 24 heavy (non-hydrogen) atoms. The van der Waals surface area contributed by atoms with Gasteiger partial charge in [0.05, 0.1) is 22.8 Å². The number of nitrogens with zero attached hydrogens (tertiary/aromatic N) is 2. The molecule has 2 rings (SSSR count). The fourth-order valence-corrected chi connectivity index (χ4v) is 2.89. The molecule has 0 atom stereocenters. The molecule has 0 aliphatic carbocycles. The Kier molecular flexibility index (Phi) is 5.93. The molecule has 0 bridgehead atoms. The predicted molar refractivity (Wildman–Crippen MR) is 98.4 cm³/mol. The highest BCUT2D eigenvalue weighted by Crippen LogP contribution is 2.25. The summed E-state index contributed by atoms with van der Waals surface area (Å²) < 4.78 is 0. The molecule has 0 fully saturated rings. The van der Waals surface area contributed by atoms with E-state index in [0.29, 0.717) is 5.56 Å². The molecule has 0 aliphatic rings. The molecule has 2 aromatic heterocycles. The third kappa shape index (κ3) is 5.07. The van der Waals surface area contributed by atoms with E-state index in [9.17, 15) is 4.79 Å². The maximum absolute atomic E-state index is 11.7. The summed E-state index contributed by atoms with van der Waals surface area (Å²) in [6.45, 7) is 7.45. The molecular weight excluding hydrogens is 320 g/mol. The second-order valence-corrected chi connectivity index (χ2v) is 7.25. The van der Waals surface area contributed by atoms with Crippen LogP contribution in [0.15, 0.2) is 23.7 Å². The van der Waals surface area contributed by atoms with Crippen LogP contribution in [-0.2, 0) is 11.8 Å². The number of amides is 1. The van der Waals surface area contributed by atoms with Gasteiger partial charge in [-0.2, -0.15) is 0 Å². The summed E-state index contributed by atoms with van der Waals surface area (Å²) in [5.74, 6) is 2.88. The van der Waals surface area contributed by atoms with Gasteiger partial charge in [0.25, 0.3) is 5.91 Å². The Morgan fingerprint density at radius 3 is 2.75 bits per heavy atom. The molecule has 2 N–H and O–H groups in total. The number of carbonyl (C=O) groups excluding carboxylic acids is 1. The number of terminal acetylenes is 1. The fraction of sp³-hybridized carbons (Fsp3) is 0.389. The number of anilines is 1. The summed E-state index contributed by atoms with van der Waals surface area (Å²) in [6.07, 6.45) is 7.48. The summed E-state index contributed by atoms with van der Waals surface area (Å²) >= 11 is 1.70. The van der Waals surface area contributed by atoms with E-state index in [2.05, 4.69) is 52.7 Å². The number of aromatic nitrogens is 2. The highest BCUT2D eigenvalue weighted by Gasteiger charge is 2.17. The normalized spacial score (nSPS) is 10.9. The Hall–Kier alpha value is -2.39. The van der Waals surface area contributed by atoms with Gasteiger partial charge in [-0.15, -0.1) is 17.8 Å². The summed E-state index contributed by atoms with van der Waals surface area (Å²) in [5, 5.41) is 9.10. The second kappa shape index (κ2) is 7.93. The van der Waals surface area contributed by atoms with E-state index in [4.69, 9.17) is 6.42 Å². The minimum Gasteiger partial charge on any atom is -0.370 e. The highest BCUT2D eigenvalue weighted by atomic mass is 32.1. The van der Waals surface area contributed by atoms with Crippen LogP contribution in [-0.4, -0.2) is 29.0 Å². The Morgan fingerprint density at radius 2 is 2.17 bits per heavy atom. The van der Waals surface area contributed by atoms with Crippen molar-refractivity contribution >= 4 is 23.1 Å². The summed E-state index contributed by atoms with van der Waals surface area (Å²) in [7, 11) is 0. The molecule has 0 aliphatic heterocycles. The zero-order chi connectivity index (χ0) is 17.6. The van der Waals surface area contributed by atoms with Crippen LogP contribution in [0.5, 0.6) is 0 Å². The van der Waals surface area contributed by atoms with Crippen molar-refractivity contribution in [2.45, 2.75) is 32.6 Å². The van der Waals surface area contributed by atoms with Crippen molar-refractivity contribution in [3.05, 3.63) is 40.0 Å². The Morgan fingerprint density at radius 1 is 1.38 bits per heavy atom. The SMILES string of the molecule is C#CCNC(=O)c1ccc(NCCc2csc(C(C)(C)C)n2)nc1. The lowest BCUT2D eigenvalue weighted by Crippen LogP contribution is -2.23. The molecule has 0 saturated heterocycles. The minimum absolute atomic E-state index is 0.0910. The average molecular weight is 342 g/mol. The molecule has 6 heteroatoms. The van der Waals surface area contributed by atoms with Crippen molar-refractivity contribution in [3.8, 4) is 12.3 Å². The molecule has 0 spiro atoms. The number of hydrogen-bond donors (Lipinski definition) is 2. The lowest BCUT2D eigenvalue weighted by Gasteiger charge is -2.13. The molecule has 0 unspecified atom stereocenters. The Balaban J connectivity index is 1.83. The lowest BCUT2D eigenvalue weighted by molar-refractivity contribution is 0.0958. The Bertz CT molecular complexity index is 723. The third-order valence-electron chi connectivity index (χ3n) is 3.26. The van der Waals surface area contributed by atoms with Gasteiger partial charge in [-0.3, -0.25) is 4.79 Å². The van der Waals surface area contributed by atoms with E-state index in [1.54, 1.807) is 23.5 Å². The smallest absolute Gasteiger partial charge is 0.253 e. The van der Waals surface area contributed by atoms with Gasteiger partial charge >= 0.3 is 0 Å². The second-order valence-electron chi connectivity index (χ2n) is 6.39. The summed E-state index contributed by atoms with van der Waals surface area (Å²) in [4.78, 5) is 20.6. The summed E-state index contributed by atoms with van der Waals surface area (Å²) in [6, 6.07) is 3.51. The topological polar surface area (TPSA) is 66.9 Å². The van der Waals surface area contributed by atoms with Crippen LogP contribution in [0, 0.1) is 12.3 Å². The first kappa shape index (κ1) is 18.0. The summed E-state index contributed by atoms with van der Waals surface area (Å²) in [5.41, 5.74) is 1.67. The maximum Gasteiger partial charge on any atom is 0.253 e. The predicted octanol–water partition coefficient (Wildman–Crippen LogP) is 2.85. The maximum atomic E-state index is 11.7. The number of thiazole rings is 1. The zero-order valence-corrected chi connectivity index (χ0v) is 15.0. The van der Waals surface area contributed by atoms with E-state index in [1.165, 1.54) is 6.20 Å². The molecule has 2 heterocycles. The van der Waals surface area contributed by atoms with Gasteiger partial charge in [-0.1, -0.05) is 26.7 Å². The van der Waals surface area contributed by atoms with Crippen LogP contribution in [0.25, 0.3) is 0 Å². The standard InChI is InChI=1S/C18H22N4OS/c1-5-9-20-16(23)13-6-7-15(21-11-13)19-10-8-14-12-24-17(22-14)18(2,3)4/h1,6-7,11-12H,8-10H2,2-4H3,(H,19,21)(H,20,23). The first-order valence-corrected chi connectivity index (χ1v) is 8.64. The van der Waals surface area contributed by atoms with Gasteiger partial charge in [-0.25, -0.2) is 9.97 Å². The molecule has 126 valence electrons. The van der Waals surface area contributed by atoms with Crippen LogP contribution in [0.2, 0.25) is 0 Å². The zero-order valence-electron chi connectivity index (χ0n) is 14.2. The van der Waals surface area contributed by atoms with Crippen molar-refractivity contribution in [2.24, 2.45) is 0 Å². The molecule has 0 aromatic carbocycles. The van der Waals surface area contributed by atoms with Crippen molar-refractivity contribution < 1.29 is 4.79 Å². The average Bonchev–Trinajstić information content (AvgIpc) is 3.02. The molecule has 1 amide bonds. The number of hydrogen-bond acceptors (Lipinski definition) is 5. The van der Waals surface area contributed by atoms with Crippen molar-refractivity contribution in [2.75, 3.05) is 18.4 Å². The van der Waals surface area contributed by atoms with Crippen LogP contribution in [0.1, 0.15) is 41.8 Å². The van der Waals surface area contributed by atoms with Gasteiger partial charge in [0.2, 0.25) is 0 Å². The van der Waals surface area contributed by atoms with Gasteiger partial charge in [0, 0.05) is 30.0 Å². The monoisotopic (exact) mass is 342 g/mol. The van der Waals surface area contributed by atoms with Gasteiger partial charge in [-0.05, 0) is 12.1 Å². The quantitative estimate of drug-likeness (QED) is 0.792. The van der Waals surface area contributed by atoms with Crippen LogP contribution in [0.3, 0.4) is 0 Å². The van der Waals surface area contributed by atoms with Crippen LogP contribution in [0.4, 0.5) is 5.82 Å². The van der Waals surface area contributed by atoms with Gasteiger partial charge in [0.15, 0.2) is 0 Å². The number of carbonyl (C=O) groups is 1. The van der Waals surface area contributed by atoms with Crippen LogP contribution >= 0.6 is 11.3 Å². The molecule has 5 nitrogen and oxygen atoms in total. The number of pyridine rings is 1. The van der Waals surface area contributed by atoms with Crippen molar-refractivity contribution in [1.29, 1.82) is 0 Å². The lowest BCUT2D eigenvalue weighted by atomic mass is 9.98. The first-order valence-electron chi connectivity index (χ1n) is 7.76.